The van der Waals surface area contributed by atoms with Gasteiger partial charge in [-0.1, -0.05) is 18.2 Å². The average Bonchev–Trinajstić information content (AvgIpc) is 2.86. The molecule has 3 rings (SSSR count). The van der Waals surface area contributed by atoms with Gasteiger partial charge in [-0.3, -0.25) is 14.2 Å². The van der Waals surface area contributed by atoms with E-state index >= 15 is 0 Å². The molecule has 0 saturated carbocycles. The number of para-hydroxylation sites is 1. The first kappa shape index (κ1) is 15.4. The van der Waals surface area contributed by atoms with Crippen LogP contribution in [0.25, 0.3) is 10.2 Å². The molecule has 0 aliphatic heterocycles. The molecule has 118 valence electrons. The predicted octanol–water partition coefficient (Wildman–Crippen LogP) is 3.60. The second-order valence-electron chi connectivity index (χ2n) is 5.61. The molecule has 5 nitrogen and oxygen atoms in total. The van der Waals surface area contributed by atoms with Crippen molar-refractivity contribution < 1.29 is 4.79 Å². The molecule has 0 saturated heterocycles. The zero-order valence-electron chi connectivity index (χ0n) is 13.2. The van der Waals surface area contributed by atoms with Crippen LogP contribution in [0.15, 0.2) is 41.5 Å². The number of hydrogen-bond acceptors (Lipinski definition) is 4. The highest BCUT2D eigenvalue weighted by atomic mass is 32.1. The van der Waals surface area contributed by atoms with Crippen LogP contribution in [0.4, 0.5) is 5.69 Å². The largest absolute Gasteiger partial charge is 0.321 e. The smallest absolute Gasteiger partial charge is 0.266 e. The molecular formula is C17H17N3O2S. The summed E-state index contributed by atoms with van der Waals surface area (Å²) in [5, 5.41) is 3.38. The van der Waals surface area contributed by atoms with E-state index in [2.05, 4.69) is 10.3 Å². The van der Waals surface area contributed by atoms with E-state index in [0.29, 0.717) is 20.7 Å². The molecule has 3 aromatic rings. The molecule has 0 aliphatic carbocycles. The lowest BCUT2D eigenvalue weighted by Crippen LogP contribution is -2.22. The number of benzene rings is 1. The monoisotopic (exact) mass is 327 g/mol. The zero-order chi connectivity index (χ0) is 16.6. The lowest BCUT2D eigenvalue weighted by molar-refractivity contribution is 0.103. The van der Waals surface area contributed by atoms with E-state index in [0.717, 1.165) is 5.69 Å². The topological polar surface area (TPSA) is 64.0 Å². The van der Waals surface area contributed by atoms with Gasteiger partial charge in [-0.05, 0) is 38.5 Å². The molecule has 0 bridgehead atoms. The number of aryl methyl sites for hydroxylation is 1. The van der Waals surface area contributed by atoms with E-state index in [4.69, 9.17) is 0 Å². The summed E-state index contributed by atoms with van der Waals surface area (Å²) >= 11 is 1.25. The van der Waals surface area contributed by atoms with Gasteiger partial charge in [0.15, 0.2) is 0 Å². The van der Waals surface area contributed by atoms with Gasteiger partial charge in [-0.2, -0.15) is 0 Å². The number of aromatic nitrogens is 2. The van der Waals surface area contributed by atoms with Gasteiger partial charge in [-0.15, -0.1) is 11.3 Å². The molecule has 0 aliphatic rings. The van der Waals surface area contributed by atoms with Crippen molar-refractivity contribution in [3.05, 3.63) is 57.5 Å². The number of nitrogens with zero attached hydrogens (tertiary/aromatic N) is 2. The van der Waals surface area contributed by atoms with Crippen molar-refractivity contribution in [1.29, 1.82) is 0 Å². The zero-order valence-corrected chi connectivity index (χ0v) is 14.0. The second kappa shape index (κ2) is 5.96. The molecule has 0 fully saturated rings. The number of carbonyl (C=O) groups is 1. The molecule has 0 radical (unpaired) electrons. The molecule has 1 amide bonds. The van der Waals surface area contributed by atoms with E-state index < -0.39 is 0 Å². The van der Waals surface area contributed by atoms with Crippen LogP contribution < -0.4 is 10.9 Å². The maximum Gasteiger partial charge on any atom is 0.266 e. The first-order valence-corrected chi connectivity index (χ1v) is 8.17. The Bertz CT molecular complexity index is 926. The molecule has 23 heavy (non-hydrogen) atoms. The quantitative estimate of drug-likeness (QED) is 0.799. The normalized spacial score (nSPS) is 11.1. The average molecular weight is 327 g/mol. The molecular weight excluding hydrogens is 310 g/mol. The number of thiophene rings is 1. The van der Waals surface area contributed by atoms with E-state index in [-0.39, 0.29) is 17.5 Å². The van der Waals surface area contributed by atoms with Crippen LogP contribution in [0.1, 0.15) is 35.1 Å². The highest BCUT2D eigenvalue weighted by molar-refractivity contribution is 7.20. The molecule has 1 N–H and O–H groups in total. The lowest BCUT2D eigenvalue weighted by atomic mass is 10.2. The van der Waals surface area contributed by atoms with Gasteiger partial charge in [0.2, 0.25) is 0 Å². The summed E-state index contributed by atoms with van der Waals surface area (Å²) in [4.78, 5) is 30.5. The predicted molar refractivity (Wildman–Crippen MR) is 93.4 cm³/mol. The van der Waals surface area contributed by atoms with Crippen molar-refractivity contribution in [3.8, 4) is 0 Å². The van der Waals surface area contributed by atoms with Gasteiger partial charge in [0, 0.05) is 11.7 Å². The fraction of sp³-hybridized carbons (Fsp3) is 0.235. The maximum absolute atomic E-state index is 12.6. The molecule has 0 spiro atoms. The number of carbonyl (C=O) groups excluding carboxylic acids is 1. The minimum absolute atomic E-state index is 0.0281. The molecule has 0 atom stereocenters. The third kappa shape index (κ3) is 2.77. The van der Waals surface area contributed by atoms with Gasteiger partial charge >= 0.3 is 0 Å². The van der Waals surface area contributed by atoms with Crippen molar-refractivity contribution in [2.45, 2.75) is 26.8 Å². The Kier molecular flexibility index (Phi) is 4.00. The Balaban J connectivity index is 2.06. The molecule has 2 aromatic heterocycles. The summed E-state index contributed by atoms with van der Waals surface area (Å²) in [7, 11) is 0. The van der Waals surface area contributed by atoms with Crippen LogP contribution in [0.2, 0.25) is 0 Å². The minimum atomic E-state index is -0.216. The van der Waals surface area contributed by atoms with Gasteiger partial charge < -0.3 is 5.32 Å². The van der Waals surface area contributed by atoms with Crippen LogP contribution in [-0.2, 0) is 0 Å². The Morgan fingerprint density at radius 2 is 1.96 bits per heavy atom. The Morgan fingerprint density at radius 1 is 1.26 bits per heavy atom. The van der Waals surface area contributed by atoms with Gasteiger partial charge in [0.1, 0.15) is 4.83 Å². The van der Waals surface area contributed by atoms with Gasteiger partial charge in [0.05, 0.1) is 16.6 Å². The van der Waals surface area contributed by atoms with E-state index in [1.165, 1.54) is 11.3 Å². The number of fused-ring (bicyclic) bond motifs is 1. The Hall–Kier alpha value is -2.47. The molecule has 2 heterocycles. The number of nitrogens with one attached hydrogen (secondary N) is 1. The van der Waals surface area contributed by atoms with Gasteiger partial charge in [-0.25, -0.2) is 4.98 Å². The van der Waals surface area contributed by atoms with Crippen molar-refractivity contribution in [1.82, 2.24) is 9.55 Å². The number of anilines is 1. The highest BCUT2D eigenvalue weighted by Crippen LogP contribution is 2.27. The third-order valence-corrected chi connectivity index (χ3v) is 4.87. The van der Waals surface area contributed by atoms with Crippen molar-refractivity contribution >= 4 is 33.1 Å². The van der Waals surface area contributed by atoms with Crippen LogP contribution in [-0.4, -0.2) is 15.5 Å². The lowest BCUT2D eigenvalue weighted by Gasteiger charge is -2.08. The first-order chi connectivity index (χ1) is 11.0. The van der Waals surface area contributed by atoms with Crippen LogP contribution in [0, 0.1) is 6.92 Å². The highest BCUT2D eigenvalue weighted by Gasteiger charge is 2.20. The third-order valence-electron chi connectivity index (χ3n) is 3.67. The standard InChI is InChI=1S/C17H17N3O2S/c1-10(2)20-9-18-16-13(17(20)22)11(3)14(23-16)15(21)19-12-7-5-4-6-8-12/h4-10H,1-3H3,(H,19,21). The minimum Gasteiger partial charge on any atom is -0.321 e. The van der Waals surface area contributed by atoms with Crippen molar-refractivity contribution in [3.63, 3.8) is 0 Å². The Labute approximate surface area is 137 Å². The van der Waals surface area contributed by atoms with E-state index in [1.807, 2.05) is 44.2 Å². The maximum atomic E-state index is 12.6. The molecule has 1 aromatic carbocycles. The summed E-state index contributed by atoms with van der Waals surface area (Å²) in [5.74, 6) is -0.216. The second-order valence-corrected chi connectivity index (χ2v) is 6.61. The molecule has 0 unspecified atom stereocenters. The van der Waals surface area contributed by atoms with E-state index in [1.54, 1.807) is 17.8 Å². The fourth-order valence-electron chi connectivity index (χ4n) is 2.43. The number of rotatable bonds is 3. The number of amides is 1. The molecule has 6 heteroatoms. The SMILES string of the molecule is Cc1c(C(=O)Nc2ccccc2)sc2ncn(C(C)C)c(=O)c12. The summed E-state index contributed by atoms with van der Waals surface area (Å²) in [6, 6.07) is 9.28. The van der Waals surface area contributed by atoms with Crippen molar-refractivity contribution in [2.75, 3.05) is 5.32 Å². The first-order valence-electron chi connectivity index (χ1n) is 7.35. The van der Waals surface area contributed by atoms with E-state index in [9.17, 15) is 9.59 Å². The van der Waals surface area contributed by atoms with Crippen LogP contribution in [0.3, 0.4) is 0 Å². The van der Waals surface area contributed by atoms with Crippen LogP contribution >= 0.6 is 11.3 Å². The van der Waals surface area contributed by atoms with Crippen molar-refractivity contribution in [2.24, 2.45) is 0 Å². The summed E-state index contributed by atoms with van der Waals surface area (Å²) in [6.07, 6.45) is 1.55. The fourth-order valence-corrected chi connectivity index (χ4v) is 3.47. The summed E-state index contributed by atoms with van der Waals surface area (Å²) in [5.41, 5.74) is 1.31. The number of hydrogen-bond donors (Lipinski definition) is 1. The van der Waals surface area contributed by atoms with Crippen LogP contribution in [0.5, 0.6) is 0 Å². The summed E-state index contributed by atoms with van der Waals surface area (Å²) in [6.45, 7) is 5.66. The van der Waals surface area contributed by atoms with Gasteiger partial charge in [0.25, 0.3) is 11.5 Å². The Morgan fingerprint density at radius 3 is 2.61 bits per heavy atom. The summed E-state index contributed by atoms with van der Waals surface area (Å²) < 4.78 is 1.58.